The molecule has 24 heavy (non-hydrogen) atoms. The highest BCUT2D eigenvalue weighted by atomic mass is 35.5. The smallest absolute Gasteiger partial charge is 0.261 e. The van der Waals surface area contributed by atoms with Crippen LogP contribution in [0.25, 0.3) is 22.0 Å². The Hall–Kier alpha value is -2.59. The predicted octanol–water partition coefficient (Wildman–Crippen LogP) is 4.01. The number of halogens is 1. The molecule has 4 nitrogen and oxygen atoms in total. The second kappa shape index (κ2) is 5.80. The Morgan fingerprint density at radius 1 is 1.17 bits per heavy atom. The van der Waals surface area contributed by atoms with Gasteiger partial charge in [0.15, 0.2) is 0 Å². The second-order valence-corrected chi connectivity index (χ2v) is 6.29. The molecule has 1 aromatic heterocycles. The summed E-state index contributed by atoms with van der Waals surface area (Å²) in [5.41, 5.74) is 2.71. The molecule has 1 aliphatic rings. The highest BCUT2D eigenvalue weighted by molar-refractivity contribution is 6.31. The van der Waals surface area contributed by atoms with Crippen LogP contribution >= 0.6 is 11.6 Å². The number of ether oxygens (including phenoxy) is 1. The Balaban J connectivity index is 2.13. The van der Waals surface area contributed by atoms with Crippen molar-refractivity contribution in [2.24, 2.45) is 4.99 Å². The Labute approximate surface area is 143 Å². The van der Waals surface area contributed by atoms with E-state index in [4.69, 9.17) is 16.3 Å². The number of nitrogens with one attached hydrogen (secondary N) is 1. The summed E-state index contributed by atoms with van der Waals surface area (Å²) in [6, 6.07) is 15.2. The number of nitrogens with zero attached hydrogens (tertiary/aromatic N) is 1. The van der Waals surface area contributed by atoms with Gasteiger partial charge in [-0.05, 0) is 30.7 Å². The zero-order valence-corrected chi connectivity index (χ0v) is 13.8. The number of H-pyrrole nitrogens is 1. The van der Waals surface area contributed by atoms with Gasteiger partial charge in [0.2, 0.25) is 5.90 Å². The van der Waals surface area contributed by atoms with Crippen molar-refractivity contribution >= 4 is 28.4 Å². The molecule has 0 saturated heterocycles. The quantitative estimate of drug-likeness (QED) is 0.767. The number of rotatable bonds is 2. The van der Waals surface area contributed by atoms with Gasteiger partial charge in [-0.2, -0.15) is 0 Å². The lowest BCUT2D eigenvalue weighted by Crippen LogP contribution is -2.20. The molecule has 5 heteroatoms. The number of hydrogen-bond donors (Lipinski definition) is 1. The highest BCUT2D eigenvalue weighted by Crippen LogP contribution is 2.32. The number of fused-ring (bicyclic) bond motifs is 1. The largest absolute Gasteiger partial charge is 0.475 e. The van der Waals surface area contributed by atoms with Gasteiger partial charge in [-0.15, -0.1) is 0 Å². The first-order valence-corrected chi connectivity index (χ1v) is 8.13. The van der Waals surface area contributed by atoms with E-state index < -0.39 is 0 Å². The Bertz CT molecular complexity index is 1010. The van der Waals surface area contributed by atoms with Crippen LogP contribution in [0.5, 0.6) is 0 Å². The fraction of sp³-hybridized carbons (Fsp3) is 0.158. The normalized spacial score (nSPS) is 16.9. The fourth-order valence-electron chi connectivity index (χ4n) is 2.98. The zero-order chi connectivity index (χ0) is 16.7. The van der Waals surface area contributed by atoms with Gasteiger partial charge in [0.05, 0.1) is 6.04 Å². The summed E-state index contributed by atoms with van der Waals surface area (Å²) in [6.07, 6.45) is 0. The van der Waals surface area contributed by atoms with Crippen LogP contribution in [0, 0.1) is 0 Å². The van der Waals surface area contributed by atoms with Crippen LogP contribution in [0.1, 0.15) is 12.5 Å². The molecule has 120 valence electrons. The maximum absolute atomic E-state index is 12.8. The molecule has 4 rings (SSSR count). The standard InChI is InChI=1S/C19H15ClN2O2/c1-11-10-24-19(21-11)17-16(12-5-3-2-4-6-12)14-9-13(20)7-8-15(14)22-18(17)23/h2-9,11H,10H2,1H3,(H,22,23). The van der Waals surface area contributed by atoms with Crippen molar-refractivity contribution in [2.45, 2.75) is 13.0 Å². The third kappa shape index (κ3) is 2.49. The van der Waals surface area contributed by atoms with Crippen LogP contribution < -0.4 is 5.56 Å². The van der Waals surface area contributed by atoms with E-state index >= 15 is 0 Å². The first-order valence-electron chi connectivity index (χ1n) is 7.75. The van der Waals surface area contributed by atoms with Crippen LogP contribution in [0.3, 0.4) is 0 Å². The van der Waals surface area contributed by atoms with E-state index in [2.05, 4.69) is 9.98 Å². The number of aliphatic imine (C=N–C) groups is 1. The van der Waals surface area contributed by atoms with E-state index in [0.717, 1.165) is 22.0 Å². The van der Waals surface area contributed by atoms with E-state index in [1.54, 1.807) is 6.07 Å². The molecule has 3 aromatic rings. The third-order valence-electron chi connectivity index (χ3n) is 4.05. The predicted molar refractivity (Wildman–Crippen MR) is 97.0 cm³/mol. The van der Waals surface area contributed by atoms with Gasteiger partial charge < -0.3 is 9.72 Å². The Kier molecular flexibility index (Phi) is 3.62. The van der Waals surface area contributed by atoms with Crippen molar-refractivity contribution in [1.29, 1.82) is 0 Å². The van der Waals surface area contributed by atoms with Gasteiger partial charge in [-0.3, -0.25) is 4.79 Å². The van der Waals surface area contributed by atoms with Gasteiger partial charge in [-0.25, -0.2) is 4.99 Å². The Morgan fingerprint density at radius 3 is 2.67 bits per heavy atom. The van der Waals surface area contributed by atoms with Crippen LogP contribution in [-0.4, -0.2) is 23.5 Å². The van der Waals surface area contributed by atoms with E-state index in [1.807, 2.05) is 49.4 Å². The maximum Gasteiger partial charge on any atom is 0.261 e. The van der Waals surface area contributed by atoms with Gasteiger partial charge >= 0.3 is 0 Å². The molecule has 0 radical (unpaired) electrons. The van der Waals surface area contributed by atoms with Gasteiger partial charge in [0.25, 0.3) is 5.56 Å². The van der Waals surface area contributed by atoms with Crippen molar-refractivity contribution < 1.29 is 4.74 Å². The van der Waals surface area contributed by atoms with Crippen molar-refractivity contribution in [1.82, 2.24) is 4.98 Å². The Morgan fingerprint density at radius 2 is 1.96 bits per heavy atom. The van der Waals surface area contributed by atoms with E-state index in [-0.39, 0.29) is 11.6 Å². The molecule has 0 amide bonds. The summed E-state index contributed by atoms with van der Waals surface area (Å²) in [6.45, 7) is 2.44. The number of aromatic nitrogens is 1. The van der Waals surface area contributed by atoms with E-state index in [1.165, 1.54) is 0 Å². The number of hydrogen-bond acceptors (Lipinski definition) is 3. The fourth-order valence-corrected chi connectivity index (χ4v) is 3.16. The van der Waals surface area contributed by atoms with Gasteiger partial charge in [0, 0.05) is 21.5 Å². The molecule has 0 saturated carbocycles. The number of aromatic amines is 1. The first-order chi connectivity index (χ1) is 11.6. The second-order valence-electron chi connectivity index (χ2n) is 5.85. The van der Waals surface area contributed by atoms with Crippen molar-refractivity contribution in [2.75, 3.05) is 6.61 Å². The summed E-state index contributed by atoms with van der Waals surface area (Å²) < 4.78 is 5.67. The van der Waals surface area contributed by atoms with Crippen LogP contribution in [0.4, 0.5) is 0 Å². The average molecular weight is 339 g/mol. The minimum absolute atomic E-state index is 0.0399. The molecule has 0 aliphatic carbocycles. The summed E-state index contributed by atoms with van der Waals surface area (Å²) in [7, 11) is 0. The molecule has 1 aliphatic heterocycles. The molecule has 1 N–H and O–H groups in total. The summed E-state index contributed by atoms with van der Waals surface area (Å²) in [5.74, 6) is 0.393. The average Bonchev–Trinajstić information content (AvgIpc) is 3.01. The first kappa shape index (κ1) is 15.0. The molecule has 0 fully saturated rings. The number of pyridine rings is 1. The summed E-state index contributed by atoms with van der Waals surface area (Å²) in [4.78, 5) is 20.1. The topological polar surface area (TPSA) is 54.5 Å². The molecular weight excluding hydrogens is 324 g/mol. The van der Waals surface area contributed by atoms with Gasteiger partial charge in [0.1, 0.15) is 12.2 Å². The molecule has 1 unspecified atom stereocenters. The minimum Gasteiger partial charge on any atom is -0.475 e. The minimum atomic E-state index is -0.212. The summed E-state index contributed by atoms with van der Waals surface area (Å²) >= 11 is 6.20. The van der Waals surface area contributed by atoms with Crippen molar-refractivity contribution in [3.05, 3.63) is 69.5 Å². The van der Waals surface area contributed by atoms with Crippen LogP contribution in [0.2, 0.25) is 5.02 Å². The molecule has 2 heterocycles. The summed E-state index contributed by atoms with van der Waals surface area (Å²) in [5, 5.41) is 1.48. The third-order valence-corrected chi connectivity index (χ3v) is 4.29. The highest BCUT2D eigenvalue weighted by Gasteiger charge is 2.24. The zero-order valence-electron chi connectivity index (χ0n) is 13.0. The lowest BCUT2D eigenvalue weighted by Gasteiger charge is -2.13. The van der Waals surface area contributed by atoms with E-state index in [9.17, 15) is 4.79 Å². The molecule has 0 bridgehead atoms. The molecule has 0 spiro atoms. The lowest BCUT2D eigenvalue weighted by atomic mass is 9.96. The monoisotopic (exact) mass is 338 g/mol. The maximum atomic E-state index is 12.8. The van der Waals surface area contributed by atoms with E-state index in [0.29, 0.717) is 23.1 Å². The lowest BCUT2D eigenvalue weighted by molar-refractivity contribution is 0.324. The van der Waals surface area contributed by atoms with Crippen LogP contribution in [-0.2, 0) is 4.74 Å². The van der Waals surface area contributed by atoms with Crippen LogP contribution in [0.15, 0.2) is 58.3 Å². The molecular formula is C19H15ClN2O2. The SMILES string of the molecule is CC1COC(c2c(-c3ccccc3)c3cc(Cl)ccc3[nH]c2=O)=N1. The number of benzene rings is 2. The van der Waals surface area contributed by atoms with Crippen molar-refractivity contribution in [3.63, 3.8) is 0 Å². The van der Waals surface area contributed by atoms with Crippen molar-refractivity contribution in [3.8, 4) is 11.1 Å². The molecule has 2 aromatic carbocycles. The molecule has 1 atom stereocenters. The van der Waals surface area contributed by atoms with Gasteiger partial charge in [-0.1, -0.05) is 41.9 Å².